The Kier molecular flexibility index (Phi) is 6.63. The van der Waals surface area contributed by atoms with Crippen molar-refractivity contribution >= 4 is 17.4 Å². The molecule has 2 fully saturated rings. The molecular formula is C19H24ClFN4O. The minimum atomic E-state index is -0.240. The van der Waals surface area contributed by atoms with Gasteiger partial charge in [0.05, 0.1) is 7.11 Å². The molecule has 0 amide bonds. The molecule has 2 saturated heterocycles. The predicted molar refractivity (Wildman–Crippen MR) is 101 cm³/mol. The SMILES string of the molecule is COc1ccc(F)cc1.Clc1ccc(N2CCN3CCCCC3C2)nn1. The number of aromatic nitrogens is 2. The summed E-state index contributed by atoms with van der Waals surface area (Å²) in [7, 11) is 1.55. The third kappa shape index (κ3) is 5.05. The Morgan fingerprint density at radius 3 is 2.54 bits per heavy atom. The first-order chi connectivity index (χ1) is 12.7. The van der Waals surface area contributed by atoms with Gasteiger partial charge in [-0.1, -0.05) is 18.0 Å². The van der Waals surface area contributed by atoms with Crippen LogP contribution in [0.3, 0.4) is 0 Å². The van der Waals surface area contributed by atoms with Crippen molar-refractivity contribution in [3.8, 4) is 5.75 Å². The predicted octanol–water partition coefficient (Wildman–Crippen LogP) is 3.64. The van der Waals surface area contributed by atoms with E-state index in [4.69, 9.17) is 16.3 Å². The van der Waals surface area contributed by atoms with Gasteiger partial charge in [-0.25, -0.2) is 4.39 Å². The van der Waals surface area contributed by atoms with Crippen LogP contribution >= 0.6 is 11.6 Å². The molecule has 26 heavy (non-hydrogen) atoms. The zero-order chi connectivity index (χ0) is 18.4. The molecular weight excluding hydrogens is 355 g/mol. The van der Waals surface area contributed by atoms with E-state index in [9.17, 15) is 4.39 Å². The summed E-state index contributed by atoms with van der Waals surface area (Å²) in [6.07, 6.45) is 4.04. The number of rotatable bonds is 2. The second-order valence-electron chi connectivity index (χ2n) is 6.50. The number of hydrogen-bond acceptors (Lipinski definition) is 5. The Labute approximate surface area is 158 Å². The first-order valence-electron chi connectivity index (χ1n) is 8.93. The van der Waals surface area contributed by atoms with Crippen molar-refractivity contribution in [1.82, 2.24) is 15.1 Å². The highest BCUT2D eigenvalue weighted by atomic mass is 35.5. The molecule has 3 heterocycles. The Morgan fingerprint density at radius 1 is 1.04 bits per heavy atom. The maximum atomic E-state index is 12.2. The molecule has 2 aliphatic rings. The molecule has 0 radical (unpaired) electrons. The van der Waals surface area contributed by atoms with Crippen LogP contribution in [0.25, 0.3) is 0 Å². The van der Waals surface area contributed by atoms with Gasteiger partial charge in [0.2, 0.25) is 0 Å². The van der Waals surface area contributed by atoms with Gasteiger partial charge in [0.25, 0.3) is 0 Å². The van der Waals surface area contributed by atoms with Crippen LogP contribution in [-0.4, -0.2) is 54.4 Å². The highest BCUT2D eigenvalue weighted by Gasteiger charge is 2.29. The molecule has 1 atom stereocenters. The number of fused-ring (bicyclic) bond motifs is 1. The number of halogens is 2. The molecule has 2 aliphatic heterocycles. The van der Waals surface area contributed by atoms with Crippen molar-refractivity contribution in [1.29, 1.82) is 0 Å². The van der Waals surface area contributed by atoms with E-state index in [1.807, 2.05) is 12.1 Å². The standard InChI is InChI=1S/C12H17ClN4.C7H7FO/c13-11-4-5-12(15-14-11)17-8-7-16-6-2-1-3-10(16)9-17;1-9-7-4-2-6(8)3-5-7/h4-5,10H,1-3,6-9H2;2-5H,1H3. The van der Waals surface area contributed by atoms with Crippen LogP contribution in [0.1, 0.15) is 19.3 Å². The van der Waals surface area contributed by atoms with Crippen molar-refractivity contribution in [2.45, 2.75) is 25.3 Å². The molecule has 7 heteroatoms. The first-order valence-corrected chi connectivity index (χ1v) is 9.31. The highest BCUT2D eigenvalue weighted by Crippen LogP contribution is 2.23. The summed E-state index contributed by atoms with van der Waals surface area (Å²) >= 11 is 5.76. The van der Waals surface area contributed by atoms with Crippen molar-refractivity contribution < 1.29 is 9.13 Å². The van der Waals surface area contributed by atoms with Crippen LogP contribution in [-0.2, 0) is 0 Å². The zero-order valence-electron chi connectivity index (χ0n) is 14.9. The minimum Gasteiger partial charge on any atom is -0.497 e. The third-order valence-electron chi connectivity index (χ3n) is 4.83. The lowest BCUT2D eigenvalue weighted by Gasteiger charge is -2.44. The van der Waals surface area contributed by atoms with Gasteiger partial charge in [0, 0.05) is 25.7 Å². The number of ether oxygens (including phenoxy) is 1. The fourth-order valence-corrected chi connectivity index (χ4v) is 3.51. The number of nitrogens with zero attached hydrogens (tertiary/aromatic N) is 4. The van der Waals surface area contributed by atoms with E-state index in [1.54, 1.807) is 19.2 Å². The van der Waals surface area contributed by atoms with Gasteiger partial charge >= 0.3 is 0 Å². The van der Waals surface area contributed by atoms with Crippen LogP contribution < -0.4 is 9.64 Å². The maximum absolute atomic E-state index is 12.2. The molecule has 4 rings (SSSR count). The molecule has 1 aromatic carbocycles. The van der Waals surface area contributed by atoms with Gasteiger partial charge in [0.1, 0.15) is 11.6 Å². The Morgan fingerprint density at radius 2 is 1.85 bits per heavy atom. The van der Waals surface area contributed by atoms with E-state index in [2.05, 4.69) is 20.0 Å². The van der Waals surface area contributed by atoms with Gasteiger partial charge in [-0.2, -0.15) is 0 Å². The van der Waals surface area contributed by atoms with E-state index >= 15 is 0 Å². The van der Waals surface area contributed by atoms with Crippen molar-refractivity contribution in [3.05, 3.63) is 47.4 Å². The normalized spacial score (nSPS) is 20.0. The topological polar surface area (TPSA) is 41.5 Å². The van der Waals surface area contributed by atoms with E-state index in [1.165, 1.54) is 37.9 Å². The summed E-state index contributed by atoms with van der Waals surface area (Å²) in [5, 5.41) is 8.55. The lowest BCUT2D eigenvalue weighted by atomic mass is 9.99. The van der Waals surface area contributed by atoms with E-state index < -0.39 is 0 Å². The summed E-state index contributed by atoms with van der Waals surface area (Å²) in [4.78, 5) is 4.94. The highest BCUT2D eigenvalue weighted by molar-refractivity contribution is 6.29. The molecule has 0 bridgehead atoms. The monoisotopic (exact) mass is 378 g/mol. The molecule has 2 aromatic rings. The lowest BCUT2D eigenvalue weighted by Crippen LogP contribution is -2.55. The Bertz CT molecular complexity index is 683. The van der Waals surface area contributed by atoms with Gasteiger partial charge in [0.15, 0.2) is 11.0 Å². The molecule has 0 aliphatic carbocycles. The van der Waals surface area contributed by atoms with Gasteiger partial charge in [-0.05, 0) is 55.8 Å². The molecule has 0 spiro atoms. The Balaban J connectivity index is 0.000000185. The van der Waals surface area contributed by atoms with Gasteiger partial charge in [-0.15, -0.1) is 10.2 Å². The van der Waals surface area contributed by atoms with E-state index in [-0.39, 0.29) is 5.82 Å². The van der Waals surface area contributed by atoms with Gasteiger partial charge < -0.3 is 9.64 Å². The number of hydrogen-bond donors (Lipinski definition) is 0. The van der Waals surface area contributed by atoms with Crippen LogP contribution in [0.15, 0.2) is 36.4 Å². The number of benzene rings is 1. The molecule has 140 valence electrons. The minimum absolute atomic E-state index is 0.240. The van der Waals surface area contributed by atoms with Crippen molar-refractivity contribution in [2.24, 2.45) is 0 Å². The second-order valence-corrected chi connectivity index (χ2v) is 6.89. The number of methoxy groups -OCH3 is 1. The quantitative estimate of drug-likeness (QED) is 0.798. The molecule has 1 unspecified atom stereocenters. The first kappa shape index (κ1) is 18.9. The third-order valence-corrected chi connectivity index (χ3v) is 5.03. The fraction of sp³-hybridized carbons (Fsp3) is 0.474. The second kappa shape index (κ2) is 9.14. The van der Waals surface area contributed by atoms with Crippen LogP contribution in [0.5, 0.6) is 5.75 Å². The van der Waals surface area contributed by atoms with Crippen LogP contribution in [0.4, 0.5) is 10.2 Å². The number of piperazine rings is 1. The summed E-state index contributed by atoms with van der Waals surface area (Å²) in [6.45, 7) is 4.54. The van der Waals surface area contributed by atoms with Crippen LogP contribution in [0.2, 0.25) is 5.15 Å². The molecule has 5 nitrogen and oxygen atoms in total. The Hall–Kier alpha value is -1.92. The van der Waals surface area contributed by atoms with Gasteiger partial charge in [-0.3, -0.25) is 4.90 Å². The number of anilines is 1. The van der Waals surface area contributed by atoms with Crippen LogP contribution in [0, 0.1) is 5.82 Å². The van der Waals surface area contributed by atoms with E-state index in [0.717, 1.165) is 25.5 Å². The number of piperidine rings is 1. The maximum Gasteiger partial charge on any atom is 0.151 e. The largest absolute Gasteiger partial charge is 0.497 e. The lowest BCUT2D eigenvalue weighted by molar-refractivity contribution is 0.133. The summed E-state index contributed by atoms with van der Waals surface area (Å²) in [6, 6.07) is 10.4. The smallest absolute Gasteiger partial charge is 0.151 e. The average Bonchev–Trinajstić information content (AvgIpc) is 2.69. The molecule has 1 aromatic heterocycles. The average molecular weight is 379 g/mol. The van der Waals surface area contributed by atoms with Crippen molar-refractivity contribution in [2.75, 3.05) is 38.2 Å². The van der Waals surface area contributed by atoms with E-state index in [0.29, 0.717) is 16.9 Å². The fourth-order valence-electron chi connectivity index (χ4n) is 3.41. The molecule has 0 N–H and O–H groups in total. The summed E-state index contributed by atoms with van der Waals surface area (Å²) in [5.41, 5.74) is 0. The molecule has 0 saturated carbocycles. The summed E-state index contributed by atoms with van der Waals surface area (Å²) < 4.78 is 17.0. The van der Waals surface area contributed by atoms with Crippen molar-refractivity contribution in [3.63, 3.8) is 0 Å². The zero-order valence-corrected chi connectivity index (χ0v) is 15.7. The summed E-state index contributed by atoms with van der Waals surface area (Å²) in [5.74, 6) is 1.40.